The lowest BCUT2D eigenvalue weighted by Crippen LogP contribution is -2.47. The molecule has 10 nitrogen and oxygen atoms in total. The second kappa shape index (κ2) is 14.0. The Kier molecular flexibility index (Phi) is 9.44. The number of aromatic nitrogens is 3. The Balaban J connectivity index is 1.45. The molecular weight excluding hydrogens is 675 g/mol. The highest BCUT2D eigenvalue weighted by Crippen LogP contribution is 2.47. The molecule has 2 aliphatic rings. The molecule has 1 N–H and O–H groups in total. The third kappa shape index (κ3) is 6.19. The highest BCUT2D eigenvalue weighted by atomic mass is 32.1. The predicted molar refractivity (Wildman–Crippen MR) is 192 cm³/mol. The zero-order valence-corrected chi connectivity index (χ0v) is 29.7. The molecule has 2 aliphatic heterocycles. The molecular formula is C38H38F2N6O4S. The van der Waals surface area contributed by atoms with E-state index in [1.165, 1.54) is 30.6 Å². The van der Waals surface area contributed by atoms with Crippen LogP contribution in [0.2, 0.25) is 0 Å². The molecule has 7 rings (SSSR count). The summed E-state index contributed by atoms with van der Waals surface area (Å²) in [5.41, 5.74) is 5.88. The van der Waals surface area contributed by atoms with Crippen molar-refractivity contribution in [2.24, 2.45) is 0 Å². The van der Waals surface area contributed by atoms with Gasteiger partial charge in [0.2, 0.25) is 11.8 Å². The molecule has 2 aromatic carbocycles. The van der Waals surface area contributed by atoms with Crippen LogP contribution in [0, 0.1) is 11.6 Å². The average Bonchev–Trinajstić information content (AvgIpc) is 3.79. The number of thiophene rings is 1. The number of methoxy groups -OCH3 is 1. The highest BCUT2D eigenvalue weighted by molar-refractivity contribution is 7.18. The first-order chi connectivity index (χ1) is 24.6. The Hall–Kier alpha value is -4.98. The van der Waals surface area contributed by atoms with Crippen LogP contribution in [0.1, 0.15) is 29.8 Å². The molecule has 264 valence electrons. The van der Waals surface area contributed by atoms with Crippen molar-refractivity contribution >= 4 is 33.2 Å². The van der Waals surface area contributed by atoms with Gasteiger partial charge in [-0.15, -0.1) is 11.3 Å². The molecule has 3 aromatic heterocycles. The zero-order valence-electron chi connectivity index (χ0n) is 28.8. The Labute approximate surface area is 298 Å². The molecule has 0 saturated heterocycles. The number of fused-ring (bicyclic) bond motifs is 3. The van der Waals surface area contributed by atoms with Crippen molar-refractivity contribution in [1.82, 2.24) is 29.9 Å². The van der Waals surface area contributed by atoms with Crippen LogP contribution in [0.5, 0.6) is 5.75 Å². The zero-order chi connectivity index (χ0) is 36.0. The number of nitrogens with zero attached hydrogens (tertiary/aromatic N) is 5. The number of benzene rings is 2. The summed E-state index contributed by atoms with van der Waals surface area (Å²) in [6, 6.07) is 11.5. The number of likely N-dealkylation sites (N-methyl/N-ethyl adjacent to an activating group) is 2. The van der Waals surface area contributed by atoms with Gasteiger partial charge in [-0.1, -0.05) is 18.7 Å². The predicted octanol–water partition coefficient (Wildman–Crippen LogP) is 5.99. The second-order valence-corrected chi connectivity index (χ2v) is 13.7. The Morgan fingerprint density at radius 2 is 1.90 bits per heavy atom. The minimum absolute atomic E-state index is 0.0256. The summed E-state index contributed by atoms with van der Waals surface area (Å²) in [6.07, 6.45) is 1.88. The number of hydrogen-bond acceptors (Lipinski definition) is 8. The van der Waals surface area contributed by atoms with E-state index in [0.29, 0.717) is 48.7 Å². The molecule has 0 aliphatic carbocycles. The summed E-state index contributed by atoms with van der Waals surface area (Å²) in [5, 5.41) is 10.4. The molecule has 5 aromatic rings. The number of amides is 2. The Morgan fingerprint density at radius 3 is 2.67 bits per heavy atom. The van der Waals surface area contributed by atoms with Gasteiger partial charge in [-0.3, -0.25) is 19.2 Å². The van der Waals surface area contributed by atoms with Gasteiger partial charge in [-0.05, 0) is 61.2 Å². The molecule has 0 bridgehead atoms. The van der Waals surface area contributed by atoms with Gasteiger partial charge in [0, 0.05) is 60.6 Å². The van der Waals surface area contributed by atoms with Gasteiger partial charge in [-0.25, -0.2) is 13.8 Å². The van der Waals surface area contributed by atoms with E-state index in [0.717, 1.165) is 38.5 Å². The van der Waals surface area contributed by atoms with E-state index < -0.39 is 11.6 Å². The molecule has 13 heteroatoms. The standard InChI is InChI=1S/C38H38F2N6O4S/c1-6-32(47)45-10-11-46-29(21(45)2)19-28(43-46)36-34(33-27(40)17-25(39)18-31(33)50-13-12-49-5)37-26(9-14-51-37)35(42-36)23-8-7-22-16-30(38(48)41-3)44(4)20-24(22)15-23/h6-9,14-15,17-19,21,30H,1,10-13,16,20H2,2-5H3,(H,41,48). The number of nitrogens with one attached hydrogen (secondary N) is 1. The molecule has 0 spiro atoms. The van der Waals surface area contributed by atoms with E-state index in [2.05, 4.69) is 18.0 Å². The van der Waals surface area contributed by atoms with Gasteiger partial charge in [-0.2, -0.15) is 5.10 Å². The van der Waals surface area contributed by atoms with Crippen LogP contribution in [0.15, 0.2) is 60.5 Å². The number of carbonyl (C=O) groups is 2. The molecule has 0 fully saturated rings. The lowest BCUT2D eigenvalue weighted by atomic mass is 9.90. The SMILES string of the molecule is C=CC(=O)N1CCn2nc(-c3nc(-c4ccc5c(c4)CN(C)C(C(=O)NC)C5)c4ccsc4c3-c3c(F)cc(F)cc3OCCOC)cc2C1C. The van der Waals surface area contributed by atoms with E-state index in [1.54, 1.807) is 11.9 Å². The van der Waals surface area contributed by atoms with E-state index in [-0.39, 0.29) is 48.4 Å². The van der Waals surface area contributed by atoms with Gasteiger partial charge < -0.3 is 19.7 Å². The largest absolute Gasteiger partial charge is 0.490 e. The number of carbonyl (C=O) groups excluding carboxylic acids is 2. The van der Waals surface area contributed by atoms with Gasteiger partial charge >= 0.3 is 0 Å². The maximum Gasteiger partial charge on any atom is 0.246 e. The minimum atomic E-state index is -0.796. The molecule has 2 amide bonds. The molecule has 5 heterocycles. The molecule has 0 saturated carbocycles. The third-order valence-electron chi connectivity index (χ3n) is 9.78. The quantitative estimate of drug-likeness (QED) is 0.148. The van der Waals surface area contributed by atoms with Crippen molar-refractivity contribution in [3.8, 4) is 39.5 Å². The van der Waals surface area contributed by atoms with Crippen LogP contribution in [-0.4, -0.2) is 83.4 Å². The lowest BCUT2D eigenvalue weighted by Gasteiger charge is -2.33. The van der Waals surface area contributed by atoms with Crippen molar-refractivity contribution in [2.75, 3.05) is 41.0 Å². The fourth-order valence-electron chi connectivity index (χ4n) is 7.16. The van der Waals surface area contributed by atoms with E-state index in [9.17, 15) is 14.0 Å². The Bertz CT molecular complexity index is 2180. The van der Waals surface area contributed by atoms with Crippen molar-refractivity contribution < 1.29 is 27.8 Å². The summed E-state index contributed by atoms with van der Waals surface area (Å²) in [6.45, 7) is 7.37. The molecule has 0 radical (unpaired) electrons. The molecule has 2 unspecified atom stereocenters. The highest BCUT2D eigenvalue weighted by Gasteiger charge is 2.32. The van der Waals surface area contributed by atoms with Crippen molar-refractivity contribution in [1.29, 1.82) is 0 Å². The summed E-state index contributed by atoms with van der Waals surface area (Å²) >= 11 is 1.42. The van der Waals surface area contributed by atoms with Gasteiger partial charge in [0.1, 0.15) is 35.4 Å². The van der Waals surface area contributed by atoms with Gasteiger partial charge in [0.05, 0.1) is 42.2 Å². The number of pyridine rings is 1. The summed E-state index contributed by atoms with van der Waals surface area (Å²) in [5.74, 6) is -1.74. The first-order valence-electron chi connectivity index (χ1n) is 16.7. The fraction of sp³-hybridized carbons (Fsp3) is 0.316. The monoisotopic (exact) mass is 712 g/mol. The number of halogens is 2. The van der Waals surface area contributed by atoms with Crippen LogP contribution in [0.25, 0.3) is 43.9 Å². The lowest BCUT2D eigenvalue weighted by molar-refractivity contribution is -0.129. The fourth-order valence-corrected chi connectivity index (χ4v) is 8.11. The second-order valence-electron chi connectivity index (χ2n) is 12.8. The van der Waals surface area contributed by atoms with E-state index in [1.807, 2.05) is 53.2 Å². The van der Waals surface area contributed by atoms with Gasteiger partial charge in [0.15, 0.2) is 0 Å². The van der Waals surface area contributed by atoms with Crippen LogP contribution < -0.4 is 10.1 Å². The van der Waals surface area contributed by atoms with Crippen LogP contribution in [0.4, 0.5) is 8.78 Å². The third-order valence-corrected chi connectivity index (χ3v) is 10.7. The maximum atomic E-state index is 16.2. The summed E-state index contributed by atoms with van der Waals surface area (Å²) in [7, 11) is 5.11. The smallest absolute Gasteiger partial charge is 0.246 e. The molecule has 2 atom stereocenters. The average molecular weight is 713 g/mol. The molecule has 51 heavy (non-hydrogen) atoms. The van der Waals surface area contributed by atoms with Crippen LogP contribution in [-0.2, 0) is 33.8 Å². The normalized spacial score (nSPS) is 17.3. The summed E-state index contributed by atoms with van der Waals surface area (Å²) < 4.78 is 44.6. The van der Waals surface area contributed by atoms with Crippen molar-refractivity contribution in [3.63, 3.8) is 0 Å². The van der Waals surface area contributed by atoms with E-state index in [4.69, 9.17) is 19.6 Å². The Morgan fingerprint density at radius 1 is 1.08 bits per heavy atom. The number of hydrogen-bond donors (Lipinski definition) is 1. The topological polar surface area (TPSA) is 102 Å². The van der Waals surface area contributed by atoms with Gasteiger partial charge in [0.25, 0.3) is 0 Å². The maximum absolute atomic E-state index is 16.2. The van der Waals surface area contributed by atoms with Crippen LogP contribution >= 0.6 is 11.3 Å². The van der Waals surface area contributed by atoms with E-state index >= 15 is 4.39 Å². The first kappa shape index (κ1) is 34.5. The van der Waals surface area contributed by atoms with Crippen molar-refractivity contribution in [3.05, 3.63) is 89.0 Å². The number of rotatable bonds is 9. The first-order valence-corrected chi connectivity index (χ1v) is 17.6. The summed E-state index contributed by atoms with van der Waals surface area (Å²) in [4.78, 5) is 34.3. The number of ether oxygens (including phenoxy) is 2. The van der Waals surface area contributed by atoms with Crippen molar-refractivity contribution in [2.45, 2.75) is 38.5 Å². The van der Waals surface area contributed by atoms with Crippen LogP contribution in [0.3, 0.4) is 0 Å². The minimum Gasteiger partial charge on any atom is -0.490 e.